The van der Waals surface area contributed by atoms with Crippen molar-refractivity contribution in [3.8, 4) is 22.3 Å². The molecular formula is C50H60Cl2SiZr-2. The van der Waals surface area contributed by atoms with E-state index in [2.05, 4.69) is 150 Å². The molecule has 0 nitrogen and oxygen atoms in total. The Morgan fingerprint density at radius 2 is 0.907 bits per heavy atom. The molecule has 2 fully saturated rings. The molecule has 0 atom stereocenters. The molecular weight excluding hydrogens is 791 g/mol. The maximum atomic E-state index is 2.45. The van der Waals surface area contributed by atoms with E-state index in [4.69, 9.17) is 0 Å². The molecule has 2 aliphatic carbocycles. The van der Waals surface area contributed by atoms with Gasteiger partial charge >= 0.3 is 41.9 Å². The Balaban J connectivity index is 0.000000212. The first-order valence-corrected chi connectivity index (χ1v) is 26.4. The molecule has 0 unspecified atom stereocenters. The van der Waals surface area contributed by atoms with Gasteiger partial charge in [0.15, 0.2) is 0 Å². The van der Waals surface area contributed by atoms with Crippen LogP contribution in [0.3, 0.4) is 0 Å². The SMILES string of the molecule is CCc1ccc(-c2cccc3[cH-]c(CC4(CC)CCC4)cc23)cc1.CCc1ccc(-c2cccc3[cH-]c(CC4(CC)CCC4)cc23)cc1.C[Si](C)=[Zr+2].[Cl-].[Cl-]. The van der Waals surface area contributed by atoms with Crippen LogP contribution in [0.15, 0.2) is 109 Å². The molecule has 4 heteroatoms. The number of hydrogen-bond acceptors (Lipinski definition) is 0. The summed E-state index contributed by atoms with van der Waals surface area (Å²) in [5, 5.41) is 5.63. The van der Waals surface area contributed by atoms with Crippen LogP contribution in [0.1, 0.15) is 101 Å². The van der Waals surface area contributed by atoms with Gasteiger partial charge < -0.3 is 24.8 Å². The third-order valence-corrected chi connectivity index (χ3v) is 12.5. The number of aryl methyl sites for hydroxylation is 2. The van der Waals surface area contributed by atoms with E-state index in [0.29, 0.717) is 10.8 Å². The Hall–Kier alpha value is -2.22. The van der Waals surface area contributed by atoms with Crippen molar-refractivity contribution in [1.29, 1.82) is 0 Å². The zero-order valence-corrected chi connectivity index (χ0v) is 38.6. The molecule has 8 rings (SSSR count). The normalized spacial score (nSPS) is 15.0. The minimum atomic E-state index is 0. The second-order valence-electron chi connectivity index (χ2n) is 16.2. The Kier molecular flexibility index (Phi) is 16.7. The molecule has 0 aliphatic heterocycles. The first-order valence-electron chi connectivity index (χ1n) is 20.3. The fraction of sp³-hybridized carbons (Fsp3) is 0.400. The summed E-state index contributed by atoms with van der Waals surface area (Å²) in [6.45, 7) is 13.8. The Labute approximate surface area is 354 Å². The van der Waals surface area contributed by atoms with Crippen LogP contribution in [0.4, 0.5) is 0 Å². The van der Waals surface area contributed by atoms with E-state index in [9.17, 15) is 0 Å². The number of benzene rings is 4. The van der Waals surface area contributed by atoms with E-state index in [1.54, 1.807) is 23.3 Å². The molecule has 0 N–H and O–H groups in total. The molecule has 284 valence electrons. The average molecular weight is 851 g/mol. The number of halogens is 2. The summed E-state index contributed by atoms with van der Waals surface area (Å²) in [6, 6.07) is 41.4. The second kappa shape index (κ2) is 20.3. The van der Waals surface area contributed by atoms with E-state index >= 15 is 0 Å². The predicted molar refractivity (Wildman–Crippen MR) is 227 cm³/mol. The van der Waals surface area contributed by atoms with Crippen molar-refractivity contribution in [3.63, 3.8) is 0 Å². The number of fused-ring (bicyclic) bond motifs is 2. The van der Waals surface area contributed by atoms with E-state index < -0.39 is 0 Å². The van der Waals surface area contributed by atoms with Crippen molar-refractivity contribution in [3.05, 3.63) is 131 Å². The Morgan fingerprint density at radius 1 is 0.556 bits per heavy atom. The smallest absolute Gasteiger partial charge is 1.00 e. The average Bonchev–Trinajstić information content (AvgIpc) is 3.75. The van der Waals surface area contributed by atoms with Gasteiger partial charge in [0.1, 0.15) is 0 Å². The molecule has 6 aromatic carbocycles. The van der Waals surface area contributed by atoms with Gasteiger partial charge in [0.05, 0.1) is 0 Å². The zero-order chi connectivity index (χ0) is 36.7. The second-order valence-corrected chi connectivity index (χ2v) is 25.6. The van der Waals surface area contributed by atoms with E-state index in [1.165, 1.54) is 130 Å². The Bertz CT molecular complexity index is 1910. The van der Waals surface area contributed by atoms with Gasteiger partial charge in [0.2, 0.25) is 0 Å². The van der Waals surface area contributed by atoms with Gasteiger partial charge in [-0.25, -0.2) is 0 Å². The molecule has 0 aromatic heterocycles. The maximum Gasteiger partial charge on any atom is -1.00 e. The van der Waals surface area contributed by atoms with Crippen LogP contribution in [-0.2, 0) is 49.0 Å². The Morgan fingerprint density at radius 3 is 1.19 bits per heavy atom. The van der Waals surface area contributed by atoms with Crippen molar-refractivity contribution in [2.24, 2.45) is 10.8 Å². The largest absolute Gasteiger partial charge is 1.00 e. The predicted octanol–water partition coefficient (Wildman–Crippen LogP) is 8.61. The molecule has 0 spiro atoms. The molecule has 0 saturated heterocycles. The van der Waals surface area contributed by atoms with Crippen molar-refractivity contribution in [2.75, 3.05) is 0 Å². The van der Waals surface area contributed by atoms with Crippen LogP contribution >= 0.6 is 0 Å². The van der Waals surface area contributed by atoms with E-state index in [0.717, 1.165) is 12.8 Å². The summed E-state index contributed by atoms with van der Waals surface area (Å²) in [5.41, 5.74) is 12.7. The van der Waals surface area contributed by atoms with Crippen molar-refractivity contribution < 1.29 is 48.1 Å². The fourth-order valence-electron chi connectivity index (χ4n) is 8.67. The number of rotatable bonds is 10. The summed E-state index contributed by atoms with van der Waals surface area (Å²) < 4.78 is 0. The molecule has 2 aliphatic rings. The van der Waals surface area contributed by atoms with E-state index in [1.807, 2.05) is 0 Å². The van der Waals surface area contributed by atoms with Gasteiger partial charge in [-0.1, -0.05) is 125 Å². The first kappa shape index (κ1) is 44.5. The van der Waals surface area contributed by atoms with Crippen molar-refractivity contribution >= 4 is 27.0 Å². The van der Waals surface area contributed by atoms with Crippen molar-refractivity contribution in [2.45, 2.75) is 118 Å². The summed E-state index contributed by atoms with van der Waals surface area (Å²) >= 11 is 1.74. The van der Waals surface area contributed by atoms with Crippen LogP contribution in [0.5, 0.6) is 0 Å². The topological polar surface area (TPSA) is 0 Å². The van der Waals surface area contributed by atoms with Gasteiger partial charge in [-0.05, 0) is 84.5 Å². The van der Waals surface area contributed by atoms with Crippen LogP contribution < -0.4 is 24.8 Å². The van der Waals surface area contributed by atoms with Crippen LogP contribution in [0.2, 0.25) is 13.1 Å². The summed E-state index contributed by atoms with van der Waals surface area (Å²) in [7, 11) is 0. The van der Waals surface area contributed by atoms with Gasteiger partial charge in [-0.3, -0.25) is 0 Å². The quantitative estimate of drug-likeness (QED) is 0.0958. The third kappa shape index (κ3) is 10.6. The molecule has 54 heavy (non-hydrogen) atoms. The summed E-state index contributed by atoms with van der Waals surface area (Å²) in [6.07, 6.45) is 15.8. The number of hydrogen-bond donors (Lipinski definition) is 0. The van der Waals surface area contributed by atoms with Gasteiger partial charge in [-0.2, -0.15) is 12.1 Å². The molecule has 0 radical (unpaired) electrons. The van der Waals surface area contributed by atoms with Gasteiger partial charge in [0, 0.05) is 0 Å². The zero-order valence-electron chi connectivity index (χ0n) is 33.6. The maximum absolute atomic E-state index is 2.45. The minimum Gasteiger partial charge on any atom is -1.00 e. The summed E-state index contributed by atoms with van der Waals surface area (Å²) in [5.74, 6) is 0. The molecule has 6 aromatic rings. The fourth-order valence-corrected chi connectivity index (χ4v) is 8.67. The monoisotopic (exact) mass is 848 g/mol. The molecule has 0 amide bonds. The first-order chi connectivity index (χ1) is 25.2. The van der Waals surface area contributed by atoms with Crippen LogP contribution in [0, 0.1) is 10.8 Å². The third-order valence-electron chi connectivity index (χ3n) is 12.5. The van der Waals surface area contributed by atoms with Crippen LogP contribution in [-0.4, -0.2) is 5.43 Å². The minimum absolute atomic E-state index is 0. The van der Waals surface area contributed by atoms with Crippen LogP contribution in [0.25, 0.3) is 43.8 Å². The van der Waals surface area contributed by atoms with E-state index in [-0.39, 0.29) is 30.2 Å². The van der Waals surface area contributed by atoms with Crippen molar-refractivity contribution in [1.82, 2.24) is 0 Å². The molecule has 0 bridgehead atoms. The molecule has 2 saturated carbocycles. The summed E-state index contributed by atoms with van der Waals surface area (Å²) in [4.78, 5) is 0. The molecule has 0 heterocycles. The van der Waals surface area contributed by atoms with Gasteiger partial charge in [0.25, 0.3) is 0 Å². The standard InChI is InChI=1S/2C24H27.C2H6Si.2ClH.Zr/c2*1-3-18-9-11-20(12-10-18)22-8-5-7-21-15-19(16-23(21)22)17-24(4-2)13-6-14-24;1-3-2;;;/h2*5,7-12,15-16H,3-4,6,13-14,17H2,1-2H3;1-2H3;2*1H;/q2*-1;;;;+2/p-2. The van der Waals surface area contributed by atoms with Gasteiger partial charge in [-0.15, -0.1) is 69.1 Å².